The van der Waals surface area contributed by atoms with Crippen LogP contribution in [-0.2, 0) is 4.74 Å². The molecule has 128 valence electrons. The molecule has 25 heavy (non-hydrogen) atoms. The SMILES string of the molecule is COc1cccc(OC)c1C(=O)OCC(=O)c1c[nH]c2ccccc12. The molecule has 0 aliphatic rings. The summed E-state index contributed by atoms with van der Waals surface area (Å²) >= 11 is 0. The average Bonchev–Trinajstić information content (AvgIpc) is 3.09. The third kappa shape index (κ3) is 3.19. The molecule has 0 unspecified atom stereocenters. The minimum atomic E-state index is -0.678. The Kier molecular flexibility index (Phi) is 4.70. The van der Waals surface area contributed by atoms with E-state index < -0.39 is 5.97 Å². The molecule has 2 aromatic carbocycles. The number of rotatable bonds is 6. The van der Waals surface area contributed by atoms with Gasteiger partial charge in [0.1, 0.15) is 17.1 Å². The summed E-state index contributed by atoms with van der Waals surface area (Å²) in [6.07, 6.45) is 1.62. The van der Waals surface area contributed by atoms with Gasteiger partial charge in [-0.3, -0.25) is 4.79 Å². The molecule has 6 nitrogen and oxygen atoms in total. The maximum absolute atomic E-state index is 12.4. The van der Waals surface area contributed by atoms with Gasteiger partial charge < -0.3 is 19.2 Å². The fraction of sp³-hybridized carbons (Fsp3) is 0.158. The van der Waals surface area contributed by atoms with E-state index >= 15 is 0 Å². The predicted molar refractivity (Wildman–Crippen MR) is 92.5 cm³/mol. The number of fused-ring (bicyclic) bond motifs is 1. The zero-order valence-electron chi connectivity index (χ0n) is 13.9. The Balaban J connectivity index is 1.78. The van der Waals surface area contributed by atoms with Gasteiger partial charge in [-0.25, -0.2) is 4.79 Å². The molecule has 0 aliphatic carbocycles. The minimum absolute atomic E-state index is 0.152. The van der Waals surface area contributed by atoms with Crippen LogP contribution in [0.5, 0.6) is 11.5 Å². The lowest BCUT2D eigenvalue weighted by Crippen LogP contribution is -2.15. The van der Waals surface area contributed by atoms with Crippen LogP contribution in [0.25, 0.3) is 10.9 Å². The van der Waals surface area contributed by atoms with E-state index in [9.17, 15) is 9.59 Å². The highest BCUT2D eigenvalue weighted by Crippen LogP contribution is 2.29. The molecular formula is C19H17NO5. The van der Waals surface area contributed by atoms with E-state index in [2.05, 4.69) is 4.98 Å². The second-order valence-corrected chi connectivity index (χ2v) is 5.28. The van der Waals surface area contributed by atoms with Crippen molar-refractivity contribution < 1.29 is 23.8 Å². The summed E-state index contributed by atoms with van der Waals surface area (Å²) in [5.41, 5.74) is 1.48. The smallest absolute Gasteiger partial charge is 0.346 e. The topological polar surface area (TPSA) is 77.6 Å². The van der Waals surface area contributed by atoms with Crippen LogP contribution in [0.3, 0.4) is 0 Å². The number of esters is 1. The molecule has 0 aliphatic heterocycles. The number of carbonyl (C=O) groups excluding carboxylic acids is 2. The number of carbonyl (C=O) groups is 2. The third-order valence-corrected chi connectivity index (χ3v) is 3.86. The first-order chi connectivity index (χ1) is 12.2. The number of benzene rings is 2. The van der Waals surface area contributed by atoms with Crippen molar-refractivity contribution in [3.05, 3.63) is 59.8 Å². The van der Waals surface area contributed by atoms with Gasteiger partial charge >= 0.3 is 5.97 Å². The zero-order valence-corrected chi connectivity index (χ0v) is 13.9. The maximum Gasteiger partial charge on any atom is 0.346 e. The lowest BCUT2D eigenvalue weighted by atomic mass is 10.1. The molecule has 6 heteroatoms. The van der Waals surface area contributed by atoms with E-state index in [1.807, 2.05) is 24.3 Å². The monoisotopic (exact) mass is 339 g/mol. The number of aromatic amines is 1. The number of Topliss-reactive ketones (excluding diaryl/α,β-unsaturated/α-hetero) is 1. The highest BCUT2D eigenvalue weighted by Gasteiger charge is 2.21. The van der Waals surface area contributed by atoms with Crippen molar-refractivity contribution in [1.29, 1.82) is 0 Å². The van der Waals surface area contributed by atoms with Crippen LogP contribution in [0, 0.1) is 0 Å². The van der Waals surface area contributed by atoms with Gasteiger partial charge in [-0.05, 0) is 18.2 Å². The molecule has 0 amide bonds. The molecule has 0 fully saturated rings. The lowest BCUT2D eigenvalue weighted by molar-refractivity contribution is 0.0468. The minimum Gasteiger partial charge on any atom is -0.496 e. The van der Waals surface area contributed by atoms with Gasteiger partial charge in [0.15, 0.2) is 6.61 Å². The van der Waals surface area contributed by atoms with Crippen LogP contribution < -0.4 is 9.47 Å². The second-order valence-electron chi connectivity index (χ2n) is 5.28. The van der Waals surface area contributed by atoms with Crippen LogP contribution in [0.15, 0.2) is 48.7 Å². The fourth-order valence-corrected chi connectivity index (χ4v) is 2.64. The van der Waals surface area contributed by atoms with Crippen LogP contribution in [0.2, 0.25) is 0 Å². The quantitative estimate of drug-likeness (QED) is 0.551. The summed E-state index contributed by atoms with van der Waals surface area (Å²) in [7, 11) is 2.89. The number of hydrogen-bond acceptors (Lipinski definition) is 5. The highest BCUT2D eigenvalue weighted by molar-refractivity contribution is 6.09. The van der Waals surface area contributed by atoms with Gasteiger partial charge in [-0.2, -0.15) is 0 Å². The molecule has 0 spiro atoms. The zero-order chi connectivity index (χ0) is 17.8. The summed E-state index contributed by atoms with van der Waals surface area (Å²) in [6.45, 7) is -0.373. The third-order valence-electron chi connectivity index (χ3n) is 3.86. The van der Waals surface area contributed by atoms with Gasteiger partial charge in [0.2, 0.25) is 5.78 Å². The number of hydrogen-bond donors (Lipinski definition) is 1. The highest BCUT2D eigenvalue weighted by atomic mass is 16.5. The first-order valence-electron chi connectivity index (χ1n) is 7.63. The lowest BCUT2D eigenvalue weighted by Gasteiger charge is -2.12. The Bertz CT molecular complexity index is 906. The average molecular weight is 339 g/mol. The van der Waals surface area contributed by atoms with Crippen LogP contribution in [0.4, 0.5) is 0 Å². The van der Waals surface area contributed by atoms with E-state index in [0.717, 1.165) is 10.9 Å². The van der Waals surface area contributed by atoms with Crippen molar-refractivity contribution in [3.8, 4) is 11.5 Å². The number of para-hydroxylation sites is 1. The molecule has 0 saturated heterocycles. The van der Waals surface area contributed by atoms with Crippen molar-refractivity contribution in [2.45, 2.75) is 0 Å². The molecule has 3 aromatic rings. The summed E-state index contributed by atoms with van der Waals surface area (Å²) in [5.74, 6) is -0.324. The van der Waals surface area contributed by atoms with Gasteiger partial charge in [0, 0.05) is 22.7 Å². The van der Waals surface area contributed by atoms with Crippen molar-refractivity contribution in [2.24, 2.45) is 0 Å². The second kappa shape index (κ2) is 7.09. The molecular weight excluding hydrogens is 322 g/mol. The molecule has 0 atom stereocenters. The molecule has 0 radical (unpaired) electrons. The van der Waals surface area contributed by atoms with E-state index in [-0.39, 0.29) is 18.0 Å². The Morgan fingerprint density at radius 2 is 1.64 bits per heavy atom. The van der Waals surface area contributed by atoms with E-state index in [1.165, 1.54) is 14.2 Å². The van der Waals surface area contributed by atoms with Crippen molar-refractivity contribution >= 4 is 22.7 Å². The van der Waals surface area contributed by atoms with Gasteiger partial charge in [0.25, 0.3) is 0 Å². The molecule has 3 rings (SSSR count). The summed E-state index contributed by atoms with van der Waals surface area (Å²) in [4.78, 5) is 27.8. The number of ether oxygens (including phenoxy) is 3. The van der Waals surface area contributed by atoms with Gasteiger partial charge in [-0.15, -0.1) is 0 Å². The predicted octanol–water partition coefficient (Wildman–Crippen LogP) is 3.22. The van der Waals surface area contributed by atoms with Gasteiger partial charge in [0.05, 0.1) is 14.2 Å². The van der Waals surface area contributed by atoms with Crippen LogP contribution in [0.1, 0.15) is 20.7 Å². The van der Waals surface area contributed by atoms with Crippen LogP contribution in [-0.4, -0.2) is 37.6 Å². The Labute approximate surface area is 144 Å². The van der Waals surface area contributed by atoms with Crippen molar-refractivity contribution in [1.82, 2.24) is 4.98 Å². The molecule has 1 N–H and O–H groups in total. The van der Waals surface area contributed by atoms with E-state index in [0.29, 0.717) is 17.1 Å². The Hall–Kier alpha value is -3.28. The van der Waals surface area contributed by atoms with Crippen LogP contribution >= 0.6 is 0 Å². The summed E-state index contributed by atoms with van der Waals surface area (Å²) in [5, 5.41) is 0.790. The first kappa shape index (κ1) is 16.6. The molecule has 0 saturated carbocycles. The normalized spacial score (nSPS) is 10.5. The maximum atomic E-state index is 12.4. The standard InChI is InChI=1S/C19H17NO5/c1-23-16-8-5-9-17(24-2)18(16)19(22)25-11-15(21)13-10-20-14-7-4-3-6-12(13)14/h3-10,20H,11H2,1-2H3. The van der Waals surface area contributed by atoms with Crippen molar-refractivity contribution in [2.75, 3.05) is 20.8 Å². The van der Waals surface area contributed by atoms with E-state index in [4.69, 9.17) is 14.2 Å². The summed E-state index contributed by atoms with van der Waals surface area (Å²) < 4.78 is 15.5. The Morgan fingerprint density at radius 1 is 0.960 bits per heavy atom. The number of nitrogens with one attached hydrogen (secondary N) is 1. The first-order valence-corrected chi connectivity index (χ1v) is 7.63. The number of H-pyrrole nitrogens is 1. The Morgan fingerprint density at radius 3 is 2.32 bits per heavy atom. The van der Waals surface area contributed by atoms with Gasteiger partial charge in [-0.1, -0.05) is 24.3 Å². The molecule has 1 heterocycles. The summed E-state index contributed by atoms with van der Waals surface area (Å²) in [6, 6.07) is 12.4. The molecule has 0 bridgehead atoms. The number of ketones is 1. The largest absolute Gasteiger partial charge is 0.496 e. The fourth-order valence-electron chi connectivity index (χ4n) is 2.64. The van der Waals surface area contributed by atoms with E-state index in [1.54, 1.807) is 24.4 Å². The van der Waals surface area contributed by atoms with Crippen molar-refractivity contribution in [3.63, 3.8) is 0 Å². The number of aromatic nitrogens is 1. The molecule has 1 aromatic heterocycles. The number of methoxy groups -OCH3 is 2.